The van der Waals surface area contributed by atoms with Crippen LogP contribution in [0.1, 0.15) is 75.9 Å². The fourth-order valence-electron chi connectivity index (χ4n) is 5.18. The Hall–Kier alpha value is -4.01. The largest absolute Gasteiger partial charge is 0.482 e. The summed E-state index contributed by atoms with van der Waals surface area (Å²) in [5.74, 6) is 0.705. The molecule has 3 amide bonds. The Morgan fingerprint density at radius 2 is 1.71 bits per heavy atom. The minimum Gasteiger partial charge on any atom is -0.482 e. The highest BCUT2D eigenvalue weighted by molar-refractivity contribution is 5.95. The van der Waals surface area contributed by atoms with Crippen molar-refractivity contribution in [3.8, 4) is 5.75 Å². The first-order chi connectivity index (χ1) is 19.9. The number of likely N-dealkylation sites (N-methyl/N-ethyl adjacent to an activating group) is 1. The second-order valence-electron chi connectivity index (χ2n) is 12.0. The molecule has 0 saturated carbocycles. The number of nitrogens with zero attached hydrogens (tertiary/aromatic N) is 2. The Morgan fingerprint density at radius 1 is 1.05 bits per heavy atom. The summed E-state index contributed by atoms with van der Waals surface area (Å²) in [5, 5.41) is 2.71. The summed E-state index contributed by atoms with van der Waals surface area (Å²) in [5.41, 5.74) is 2.48. The average molecular weight is 578 g/mol. The topological polar surface area (TPSA) is 97.4 Å². The zero-order valence-electron chi connectivity index (χ0n) is 25.6. The van der Waals surface area contributed by atoms with Crippen LogP contribution in [0.4, 0.5) is 9.59 Å². The maximum absolute atomic E-state index is 13.3. The van der Waals surface area contributed by atoms with E-state index in [2.05, 4.69) is 11.4 Å². The number of nitrogens with one attached hydrogen (secondary N) is 1. The number of likely N-dealkylation sites (tertiary alicyclic amines) is 1. The molecule has 2 aromatic carbocycles. The number of benzene rings is 2. The number of amides is 3. The number of hydrogen-bond donors (Lipinski definition) is 1. The zero-order chi connectivity index (χ0) is 30.5. The average Bonchev–Trinajstić information content (AvgIpc) is 2.94. The standard InChI is InChI=1S/C33H43N3O6/c1-7-35(21-18-34-30(38)42-32(4,5)6)29(37)25-14-12-24(13-15-25)27-22-33(41-28-11-9-8-10-26(27)28)16-19-36(20-17-33)31(39)40-23(2)3/h8-15,22-23H,7,16-21H2,1-6H3,(H,34,38). The smallest absolute Gasteiger partial charge is 0.410 e. The van der Waals surface area contributed by atoms with Crippen LogP contribution >= 0.6 is 0 Å². The molecule has 42 heavy (non-hydrogen) atoms. The normalized spacial score (nSPS) is 15.8. The summed E-state index contributed by atoms with van der Waals surface area (Å²) in [4.78, 5) is 41.1. The van der Waals surface area contributed by atoms with Gasteiger partial charge in [0.05, 0.1) is 6.10 Å². The summed E-state index contributed by atoms with van der Waals surface area (Å²) >= 11 is 0. The fourth-order valence-corrected chi connectivity index (χ4v) is 5.18. The predicted octanol–water partition coefficient (Wildman–Crippen LogP) is 5.88. The van der Waals surface area contributed by atoms with E-state index in [1.54, 1.807) is 9.80 Å². The van der Waals surface area contributed by atoms with Gasteiger partial charge in [-0.25, -0.2) is 9.59 Å². The van der Waals surface area contributed by atoms with Crippen LogP contribution in [0.15, 0.2) is 54.6 Å². The van der Waals surface area contributed by atoms with Crippen molar-refractivity contribution in [2.24, 2.45) is 0 Å². The number of carbonyl (C=O) groups is 3. The second kappa shape index (κ2) is 12.9. The van der Waals surface area contributed by atoms with Crippen molar-refractivity contribution in [1.29, 1.82) is 0 Å². The van der Waals surface area contributed by atoms with Gasteiger partial charge in [0.25, 0.3) is 5.91 Å². The van der Waals surface area contributed by atoms with E-state index in [1.807, 2.05) is 90.1 Å². The molecule has 2 aliphatic rings. The Morgan fingerprint density at radius 3 is 2.33 bits per heavy atom. The molecule has 1 spiro atoms. The van der Waals surface area contributed by atoms with Crippen LogP contribution in [0.5, 0.6) is 5.75 Å². The van der Waals surface area contributed by atoms with E-state index in [9.17, 15) is 14.4 Å². The number of piperidine rings is 1. The number of carbonyl (C=O) groups excluding carboxylic acids is 3. The molecule has 0 radical (unpaired) electrons. The molecule has 0 aromatic heterocycles. The quantitative estimate of drug-likeness (QED) is 0.442. The van der Waals surface area contributed by atoms with Crippen LogP contribution in [0, 0.1) is 0 Å². The monoisotopic (exact) mass is 577 g/mol. The maximum atomic E-state index is 13.3. The van der Waals surface area contributed by atoms with Gasteiger partial charge in [-0.05, 0) is 77.0 Å². The van der Waals surface area contributed by atoms with Crippen molar-refractivity contribution in [3.05, 3.63) is 71.3 Å². The molecule has 9 nitrogen and oxygen atoms in total. The van der Waals surface area contributed by atoms with Gasteiger partial charge in [-0.2, -0.15) is 0 Å². The molecule has 2 aromatic rings. The highest BCUT2D eigenvalue weighted by Gasteiger charge is 2.40. The van der Waals surface area contributed by atoms with Gasteiger partial charge in [-0.15, -0.1) is 0 Å². The molecule has 0 bridgehead atoms. The van der Waals surface area contributed by atoms with Gasteiger partial charge in [0, 0.05) is 56.7 Å². The first-order valence-corrected chi connectivity index (χ1v) is 14.7. The van der Waals surface area contributed by atoms with Gasteiger partial charge in [-0.3, -0.25) is 4.79 Å². The molecule has 1 fully saturated rings. The van der Waals surface area contributed by atoms with Gasteiger partial charge in [-0.1, -0.05) is 30.3 Å². The van der Waals surface area contributed by atoms with Crippen molar-refractivity contribution in [2.45, 2.75) is 71.7 Å². The number of rotatable bonds is 7. The lowest BCUT2D eigenvalue weighted by molar-refractivity contribution is 0.0227. The summed E-state index contributed by atoms with van der Waals surface area (Å²) < 4.78 is 17.2. The van der Waals surface area contributed by atoms with Crippen LogP contribution < -0.4 is 10.1 Å². The van der Waals surface area contributed by atoms with E-state index in [4.69, 9.17) is 14.2 Å². The van der Waals surface area contributed by atoms with Crippen LogP contribution in [0.25, 0.3) is 5.57 Å². The van der Waals surface area contributed by atoms with E-state index in [-0.39, 0.29) is 18.1 Å². The Bertz CT molecular complexity index is 1300. The highest BCUT2D eigenvalue weighted by atomic mass is 16.6. The Kier molecular flexibility index (Phi) is 9.49. The molecule has 1 saturated heterocycles. The van der Waals surface area contributed by atoms with Crippen LogP contribution in [0.2, 0.25) is 0 Å². The first-order valence-electron chi connectivity index (χ1n) is 14.7. The second-order valence-corrected chi connectivity index (χ2v) is 12.0. The molecule has 226 valence electrons. The molecule has 0 atom stereocenters. The molecule has 2 aliphatic heterocycles. The van der Waals surface area contributed by atoms with Crippen molar-refractivity contribution in [3.63, 3.8) is 0 Å². The molecular formula is C33H43N3O6. The minimum absolute atomic E-state index is 0.103. The molecule has 1 N–H and O–H groups in total. The van der Waals surface area contributed by atoms with Gasteiger partial charge in [0.2, 0.25) is 0 Å². The molecule has 2 heterocycles. The molecule has 0 unspecified atom stereocenters. The summed E-state index contributed by atoms with van der Waals surface area (Å²) in [6, 6.07) is 15.6. The van der Waals surface area contributed by atoms with Crippen molar-refractivity contribution >= 4 is 23.7 Å². The van der Waals surface area contributed by atoms with Crippen molar-refractivity contribution in [1.82, 2.24) is 15.1 Å². The third-order valence-corrected chi connectivity index (χ3v) is 7.26. The number of para-hydroxylation sites is 1. The lowest BCUT2D eigenvalue weighted by Crippen LogP contribution is -2.50. The Balaban J connectivity index is 1.47. The summed E-state index contributed by atoms with van der Waals surface area (Å²) in [6.07, 6.45) is 2.53. The summed E-state index contributed by atoms with van der Waals surface area (Å²) in [6.45, 7) is 13.3. The van der Waals surface area contributed by atoms with Crippen LogP contribution in [-0.2, 0) is 9.47 Å². The van der Waals surface area contributed by atoms with E-state index < -0.39 is 17.3 Å². The molecular weight excluding hydrogens is 534 g/mol. The third kappa shape index (κ3) is 7.63. The maximum Gasteiger partial charge on any atom is 0.410 e. The molecule has 9 heteroatoms. The number of hydrogen-bond acceptors (Lipinski definition) is 6. The SMILES string of the molecule is CCN(CCNC(=O)OC(C)(C)C)C(=O)c1ccc(C2=CC3(CCN(C(=O)OC(C)C)CC3)Oc3ccccc32)cc1. The molecule has 4 rings (SSSR count). The van der Waals surface area contributed by atoms with Gasteiger partial charge < -0.3 is 29.3 Å². The first kappa shape index (κ1) is 30.9. The number of fused-ring (bicyclic) bond motifs is 1. The van der Waals surface area contributed by atoms with E-state index in [0.29, 0.717) is 51.1 Å². The van der Waals surface area contributed by atoms with Crippen LogP contribution in [0.3, 0.4) is 0 Å². The lowest BCUT2D eigenvalue weighted by Gasteiger charge is -2.42. The summed E-state index contributed by atoms with van der Waals surface area (Å²) in [7, 11) is 0. The van der Waals surface area contributed by atoms with Crippen LogP contribution in [-0.4, -0.2) is 77.9 Å². The van der Waals surface area contributed by atoms with Gasteiger partial charge in [0.15, 0.2) is 0 Å². The van der Waals surface area contributed by atoms with E-state index in [1.165, 1.54) is 0 Å². The number of ether oxygens (including phenoxy) is 3. The number of alkyl carbamates (subject to hydrolysis) is 1. The molecule has 0 aliphatic carbocycles. The van der Waals surface area contributed by atoms with Crippen molar-refractivity contribution < 1.29 is 28.6 Å². The van der Waals surface area contributed by atoms with E-state index in [0.717, 1.165) is 22.4 Å². The predicted molar refractivity (Wildman–Crippen MR) is 162 cm³/mol. The lowest BCUT2D eigenvalue weighted by atomic mass is 9.83. The highest BCUT2D eigenvalue weighted by Crippen LogP contribution is 2.43. The Labute approximate surface area is 248 Å². The zero-order valence-corrected chi connectivity index (χ0v) is 25.6. The van der Waals surface area contributed by atoms with Gasteiger partial charge in [0.1, 0.15) is 17.0 Å². The van der Waals surface area contributed by atoms with Gasteiger partial charge >= 0.3 is 12.2 Å². The van der Waals surface area contributed by atoms with Crippen molar-refractivity contribution in [2.75, 3.05) is 32.7 Å². The third-order valence-electron chi connectivity index (χ3n) is 7.26. The minimum atomic E-state index is -0.578. The fraction of sp³-hybridized carbons (Fsp3) is 0.485. The van der Waals surface area contributed by atoms with E-state index >= 15 is 0 Å².